The van der Waals surface area contributed by atoms with E-state index in [1.807, 2.05) is 48.5 Å². The Labute approximate surface area is 241 Å². The van der Waals surface area contributed by atoms with Gasteiger partial charge in [-0.05, 0) is 94.1 Å². The van der Waals surface area contributed by atoms with Gasteiger partial charge in [0, 0.05) is 35.6 Å². The summed E-state index contributed by atoms with van der Waals surface area (Å²) in [4.78, 5) is 0. The topological polar surface area (TPSA) is 113 Å². The molecule has 2 atom stereocenters. The van der Waals surface area contributed by atoms with E-state index in [-0.39, 0.29) is 0 Å². The Morgan fingerprint density at radius 1 is 0.439 bits per heavy atom. The number of benzene rings is 4. The zero-order valence-electron chi connectivity index (χ0n) is 22.8. The minimum Gasteiger partial charge on any atom is -0.399 e. The molecule has 2 aliphatic rings. The van der Waals surface area contributed by atoms with E-state index in [1.54, 1.807) is 0 Å². The number of anilines is 4. The smallest absolute Gasteiger partial charge is 0.117 e. The molecule has 8 N–H and O–H groups in total. The number of allylic oxidation sites excluding steroid dienone is 4. The molecule has 0 heterocycles. The van der Waals surface area contributed by atoms with Gasteiger partial charge in [0.15, 0.2) is 0 Å². The summed E-state index contributed by atoms with van der Waals surface area (Å²) in [6.07, 6.45) is 14.1. The number of hydrogen-bond acceptors (Lipinski definition) is 5. The fraction of sp³-hybridized carbons (Fsp3) is 0.111. The molecule has 0 saturated heterocycles. The molecule has 0 aromatic heterocycles. The maximum Gasteiger partial charge on any atom is 0.117 e. The minimum atomic E-state index is -0.783. The molecule has 5 heteroatoms. The van der Waals surface area contributed by atoms with E-state index in [0.717, 1.165) is 44.8 Å². The highest BCUT2D eigenvalue weighted by atomic mass is 16.5. The largest absolute Gasteiger partial charge is 0.399 e. The minimum absolute atomic E-state index is 0.628. The van der Waals surface area contributed by atoms with Crippen molar-refractivity contribution < 1.29 is 4.74 Å². The fourth-order valence-electron chi connectivity index (χ4n) is 5.74. The monoisotopic (exact) mass is 538 g/mol. The van der Waals surface area contributed by atoms with Crippen molar-refractivity contribution in [3.05, 3.63) is 156 Å². The van der Waals surface area contributed by atoms with E-state index in [4.69, 9.17) is 27.7 Å². The van der Waals surface area contributed by atoms with Gasteiger partial charge in [0.1, 0.15) is 11.2 Å². The molecule has 204 valence electrons. The predicted molar refractivity (Wildman–Crippen MR) is 171 cm³/mol. The molecular weight excluding hydrogens is 504 g/mol. The Hall–Kier alpha value is -5.00. The number of nitrogen functional groups attached to an aromatic ring is 4. The Balaban J connectivity index is 1.47. The summed E-state index contributed by atoms with van der Waals surface area (Å²) < 4.78 is 7.52. The maximum absolute atomic E-state index is 7.52. The van der Waals surface area contributed by atoms with Gasteiger partial charge < -0.3 is 27.7 Å². The van der Waals surface area contributed by atoms with Crippen LogP contribution < -0.4 is 22.9 Å². The second-order valence-corrected chi connectivity index (χ2v) is 10.8. The van der Waals surface area contributed by atoms with Gasteiger partial charge in [-0.15, -0.1) is 0 Å². The van der Waals surface area contributed by atoms with Gasteiger partial charge >= 0.3 is 0 Å². The summed E-state index contributed by atoms with van der Waals surface area (Å²) in [7, 11) is 0. The van der Waals surface area contributed by atoms with E-state index >= 15 is 0 Å². The average Bonchev–Trinajstić information content (AvgIpc) is 2.99. The highest BCUT2D eigenvalue weighted by molar-refractivity contribution is 5.73. The number of hydrogen-bond donors (Lipinski definition) is 4. The van der Waals surface area contributed by atoms with Crippen molar-refractivity contribution in [2.75, 3.05) is 22.9 Å². The first-order valence-electron chi connectivity index (χ1n) is 13.8. The van der Waals surface area contributed by atoms with Gasteiger partial charge in [0.05, 0.1) is 0 Å². The quantitative estimate of drug-likeness (QED) is 0.194. The van der Waals surface area contributed by atoms with E-state index in [2.05, 4.69) is 85.0 Å². The second-order valence-electron chi connectivity index (χ2n) is 10.8. The van der Waals surface area contributed by atoms with Crippen molar-refractivity contribution in [1.29, 1.82) is 0 Å². The molecule has 4 aromatic rings. The molecule has 0 radical (unpaired) electrons. The summed E-state index contributed by atoms with van der Waals surface area (Å²) in [5.41, 5.74) is 32.1. The van der Waals surface area contributed by atoms with Crippen LogP contribution in [-0.2, 0) is 15.9 Å². The third-order valence-electron chi connectivity index (χ3n) is 7.96. The Kier molecular flexibility index (Phi) is 6.73. The lowest BCUT2D eigenvalue weighted by Crippen LogP contribution is -2.41. The van der Waals surface area contributed by atoms with E-state index in [9.17, 15) is 0 Å². The number of ether oxygens (including phenoxy) is 1. The van der Waals surface area contributed by atoms with E-state index < -0.39 is 11.2 Å². The zero-order valence-corrected chi connectivity index (χ0v) is 22.8. The molecule has 4 aromatic carbocycles. The lowest BCUT2D eigenvalue weighted by atomic mass is 9.77. The zero-order chi connectivity index (χ0) is 28.5. The van der Waals surface area contributed by atoms with Crippen molar-refractivity contribution in [3.63, 3.8) is 0 Å². The van der Waals surface area contributed by atoms with Gasteiger partial charge in [-0.1, -0.05) is 72.8 Å². The maximum atomic E-state index is 7.52. The standard InChI is InChI=1S/C36H34N4O/c37-31-13-5-25(6-14-31)27-3-1-21-35(23-27,29-9-17-33(39)18-10-29)41-36(30-11-19-34(40)20-12-30)22-2-4-28(24-36)26-7-15-32(38)16-8-26/h1-22H,23-24,37-40H2. The molecule has 0 bridgehead atoms. The average molecular weight is 539 g/mol. The van der Waals surface area contributed by atoms with Crippen LogP contribution >= 0.6 is 0 Å². The first-order chi connectivity index (χ1) is 19.8. The summed E-state index contributed by atoms with van der Waals surface area (Å²) in [5, 5.41) is 0. The molecule has 0 saturated carbocycles. The lowest BCUT2D eigenvalue weighted by molar-refractivity contribution is -0.114. The molecule has 0 amide bonds. The van der Waals surface area contributed by atoms with Crippen LogP contribution in [-0.4, -0.2) is 0 Å². The van der Waals surface area contributed by atoms with Crippen molar-refractivity contribution in [3.8, 4) is 0 Å². The lowest BCUT2D eigenvalue weighted by Gasteiger charge is -2.45. The van der Waals surface area contributed by atoms with Crippen LogP contribution in [0, 0.1) is 0 Å². The molecule has 41 heavy (non-hydrogen) atoms. The van der Waals surface area contributed by atoms with Crippen LogP contribution in [0.25, 0.3) is 11.1 Å². The Morgan fingerprint density at radius 2 is 0.756 bits per heavy atom. The van der Waals surface area contributed by atoms with Crippen molar-refractivity contribution in [2.24, 2.45) is 0 Å². The number of rotatable bonds is 6. The predicted octanol–water partition coefficient (Wildman–Crippen LogP) is 7.21. The third-order valence-corrected chi connectivity index (χ3v) is 7.96. The molecular formula is C36H34N4O. The highest BCUT2D eigenvalue weighted by Crippen LogP contribution is 2.50. The van der Waals surface area contributed by atoms with Crippen LogP contribution in [0.2, 0.25) is 0 Å². The van der Waals surface area contributed by atoms with E-state index in [1.165, 1.54) is 0 Å². The molecule has 2 unspecified atom stereocenters. The first kappa shape index (κ1) is 26.2. The fourth-order valence-corrected chi connectivity index (χ4v) is 5.74. The van der Waals surface area contributed by atoms with Crippen LogP contribution in [0.3, 0.4) is 0 Å². The van der Waals surface area contributed by atoms with Crippen molar-refractivity contribution >= 4 is 33.9 Å². The van der Waals surface area contributed by atoms with Crippen LogP contribution in [0.15, 0.2) is 134 Å². The van der Waals surface area contributed by atoms with Gasteiger partial charge in [0.2, 0.25) is 0 Å². The van der Waals surface area contributed by atoms with Gasteiger partial charge in [0.25, 0.3) is 0 Å². The van der Waals surface area contributed by atoms with Gasteiger partial charge in [-0.2, -0.15) is 0 Å². The molecule has 0 spiro atoms. The summed E-state index contributed by atoms with van der Waals surface area (Å²) in [6, 6.07) is 32.0. The van der Waals surface area contributed by atoms with Crippen LogP contribution in [0.5, 0.6) is 0 Å². The van der Waals surface area contributed by atoms with Gasteiger partial charge in [-0.25, -0.2) is 0 Å². The van der Waals surface area contributed by atoms with Crippen molar-refractivity contribution in [1.82, 2.24) is 0 Å². The molecule has 0 aliphatic heterocycles. The summed E-state index contributed by atoms with van der Waals surface area (Å²) >= 11 is 0. The van der Waals surface area contributed by atoms with Crippen LogP contribution in [0.4, 0.5) is 22.7 Å². The van der Waals surface area contributed by atoms with Crippen LogP contribution in [0.1, 0.15) is 35.1 Å². The molecule has 2 aliphatic carbocycles. The summed E-state index contributed by atoms with van der Waals surface area (Å²) in [6.45, 7) is 0. The normalized spacial score (nSPS) is 21.8. The highest BCUT2D eigenvalue weighted by Gasteiger charge is 2.44. The SMILES string of the molecule is Nc1ccc(C2=CC=CC(OC3(c4ccc(N)cc4)C=CC=C(c4ccc(N)cc4)C3)(c3ccc(N)cc3)C2)cc1. The second kappa shape index (κ2) is 10.5. The molecule has 5 nitrogen and oxygen atoms in total. The number of nitrogens with two attached hydrogens (primary N) is 4. The van der Waals surface area contributed by atoms with Crippen molar-refractivity contribution in [2.45, 2.75) is 24.0 Å². The third kappa shape index (κ3) is 5.28. The molecule has 6 rings (SSSR count). The first-order valence-corrected chi connectivity index (χ1v) is 13.8. The van der Waals surface area contributed by atoms with Gasteiger partial charge in [-0.3, -0.25) is 0 Å². The van der Waals surface area contributed by atoms with E-state index in [0.29, 0.717) is 24.2 Å². The molecule has 0 fully saturated rings. The summed E-state index contributed by atoms with van der Waals surface area (Å²) in [5.74, 6) is 0. The Bertz CT molecular complexity index is 1540. The Morgan fingerprint density at radius 3 is 1.10 bits per heavy atom.